The largest absolute Gasteiger partial charge is 0.496 e. The maximum atomic E-state index is 14.1. The first kappa shape index (κ1) is 29.3. The molecule has 1 heterocycles. The van der Waals surface area contributed by atoms with Gasteiger partial charge >= 0.3 is 0 Å². The number of pyridine rings is 1. The Hall–Kier alpha value is -3.18. The molecule has 1 amide bonds. The van der Waals surface area contributed by atoms with Gasteiger partial charge in [-0.1, -0.05) is 44.2 Å². The third-order valence-electron chi connectivity index (χ3n) is 9.36. The molecule has 2 saturated carbocycles. The van der Waals surface area contributed by atoms with Crippen LogP contribution in [-0.2, 0) is 4.79 Å². The number of methoxy groups -OCH3 is 1. The number of carbonyl (C=O) groups is 1. The summed E-state index contributed by atoms with van der Waals surface area (Å²) in [5, 5.41) is 10.1. The summed E-state index contributed by atoms with van der Waals surface area (Å²) >= 11 is 0. The summed E-state index contributed by atoms with van der Waals surface area (Å²) in [6.45, 7) is 7.18. The Labute approximate surface area is 246 Å². The number of ether oxygens (including phenoxy) is 1. The number of hydrogen-bond donors (Lipinski definition) is 1. The average molecular weight is 555 g/mol. The van der Waals surface area contributed by atoms with Gasteiger partial charge in [-0.15, -0.1) is 0 Å². The van der Waals surface area contributed by atoms with Gasteiger partial charge in [-0.3, -0.25) is 9.78 Å². The fourth-order valence-corrected chi connectivity index (χ4v) is 6.73. The van der Waals surface area contributed by atoms with Crippen molar-refractivity contribution in [3.8, 4) is 16.9 Å². The Morgan fingerprint density at radius 1 is 0.951 bits per heavy atom. The molecule has 0 aliphatic heterocycles. The van der Waals surface area contributed by atoms with E-state index in [0.717, 1.165) is 73.3 Å². The Morgan fingerprint density at radius 2 is 1.71 bits per heavy atom. The molecule has 0 saturated heterocycles. The van der Waals surface area contributed by atoms with Crippen LogP contribution in [0.15, 0.2) is 60.8 Å². The minimum atomic E-state index is -0.269. The van der Waals surface area contributed by atoms with E-state index in [-0.39, 0.29) is 17.9 Å². The monoisotopic (exact) mass is 554 g/mol. The van der Waals surface area contributed by atoms with Gasteiger partial charge in [0.05, 0.1) is 13.2 Å². The van der Waals surface area contributed by atoms with Crippen LogP contribution in [0.2, 0.25) is 0 Å². The van der Waals surface area contributed by atoms with Crippen LogP contribution in [0, 0.1) is 18.8 Å². The first-order valence-electron chi connectivity index (χ1n) is 15.5. The number of anilines is 1. The van der Waals surface area contributed by atoms with Gasteiger partial charge in [-0.2, -0.15) is 0 Å². The molecular weight excluding hydrogens is 508 g/mol. The Morgan fingerprint density at radius 3 is 2.34 bits per heavy atom. The zero-order chi connectivity index (χ0) is 28.9. The maximum absolute atomic E-state index is 14.1. The van der Waals surface area contributed by atoms with Crippen molar-refractivity contribution < 1.29 is 14.6 Å². The van der Waals surface area contributed by atoms with Crippen molar-refractivity contribution in [2.75, 3.05) is 18.6 Å². The van der Waals surface area contributed by atoms with Gasteiger partial charge in [-0.05, 0) is 117 Å². The van der Waals surface area contributed by atoms with Crippen molar-refractivity contribution in [3.63, 3.8) is 0 Å². The molecule has 2 aromatic carbocycles. The van der Waals surface area contributed by atoms with Crippen molar-refractivity contribution in [2.45, 2.75) is 90.1 Å². The van der Waals surface area contributed by atoms with Crippen LogP contribution in [-0.4, -0.2) is 35.8 Å². The fraction of sp³-hybridized carbons (Fsp3) is 0.500. The van der Waals surface area contributed by atoms with Crippen molar-refractivity contribution in [1.29, 1.82) is 0 Å². The lowest BCUT2D eigenvalue weighted by Gasteiger charge is -2.36. The molecule has 5 rings (SSSR count). The average Bonchev–Trinajstić information content (AvgIpc) is 3.00. The second-order valence-electron chi connectivity index (χ2n) is 12.6. The number of aliphatic hydroxyl groups is 1. The van der Waals surface area contributed by atoms with E-state index in [0.29, 0.717) is 30.6 Å². The summed E-state index contributed by atoms with van der Waals surface area (Å²) in [7, 11) is 1.73. The zero-order valence-electron chi connectivity index (χ0n) is 25.2. The van der Waals surface area contributed by atoms with Crippen LogP contribution in [0.1, 0.15) is 93.9 Å². The topological polar surface area (TPSA) is 62.7 Å². The molecule has 2 fully saturated rings. The Bertz CT molecular complexity index is 1300. The number of amides is 1. The van der Waals surface area contributed by atoms with Crippen molar-refractivity contribution in [3.05, 3.63) is 77.6 Å². The molecule has 1 aromatic heterocycles. The molecule has 3 aromatic rings. The number of benzene rings is 2. The number of aliphatic hydroxyl groups excluding tert-OH is 1. The first-order valence-corrected chi connectivity index (χ1v) is 15.5. The van der Waals surface area contributed by atoms with Crippen LogP contribution in [0.5, 0.6) is 5.75 Å². The first-order chi connectivity index (χ1) is 19.8. The minimum absolute atomic E-state index is 0.0207. The van der Waals surface area contributed by atoms with Crippen molar-refractivity contribution in [2.24, 2.45) is 11.8 Å². The molecule has 0 unspecified atom stereocenters. The van der Waals surface area contributed by atoms with Gasteiger partial charge in [0.2, 0.25) is 5.91 Å². The third-order valence-corrected chi connectivity index (χ3v) is 9.36. The molecule has 218 valence electrons. The molecule has 41 heavy (non-hydrogen) atoms. The zero-order valence-corrected chi connectivity index (χ0v) is 25.2. The van der Waals surface area contributed by atoms with E-state index in [1.54, 1.807) is 7.11 Å². The standard InChI is InChI=1S/C36H46N2O3/c1-24(2)34-18-14-31(22-37-34)29-6-5-7-32(21-29)38(36(40)28-12-16-33(39)17-13-28)23-26-8-10-27(11-9-26)30-15-19-35(41-4)25(3)20-30/h5-7,14-15,18-22,24,26-28,33,39H,8-13,16-17,23H2,1-4H3. The predicted octanol–water partition coefficient (Wildman–Crippen LogP) is 8.05. The molecule has 2 aliphatic rings. The summed E-state index contributed by atoms with van der Waals surface area (Å²) in [5.74, 6) is 2.56. The van der Waals surface area contributed by atoms with Crippen molar-refractivity contribution in [1.82, 2.24) is 4.98 Å². The quantitative estimate of drug-likeness (QED) is 0.306. The number of hydrogen-bond acceptors (Lipinski definition) is 4. The summed E-state index contributed by atoms with van der Waals surface area (Å²) in [5.41, 5.74) is 6.80. The van der Waals surface area contributed by atoms with E-state index in [1.165, 1.54) is 11.1 Å². The molecule has 1 N–H and O–H groups in total. The second kappa shape index (κ2) is 13.2. The molecule has 5 nitrogen and oxygen atoms in total. The van der Waals surface area contributed by atoms with Crippen LogP contribution in [0.4, 0.5) is 5.69 Å². The summed E-state index contributed by atoms with van der Waals surface area (Å²) < 4.78 is 5.46. The van der Waals surface area contributed by atoms with Crippen LogP contribution >= 0.6 is 0 Å². The Kier molecular flexibility index (Phi) is 9.44. The molecule has 0 atom stereocenters. The predicted molar refractivity (Wildman–Crippen MR) is 167 cm³/mol. The number of carbonyl (C=O) groups excluding carboxylic acids is 1. The van der Waals surface area contributed by atoms with Gasteiger partial charge in [0.1, 0.15) is 5.75 Å². The third kappa shape index (κ3) is 7.01. The minimum Gasteiger partial charge on any atom is -0.496 e. The van der Waals surface area contributed by atoms with E-state index in [4.69, 9.17) is 4.74 Å². The van der Waals surface area contributed by atoms with Gasteiger partial charge in [0, 0.05) is 35.6 Å². The lowest BCUT2D eigenvalue weighted by atomic mass is 9.78. The molecule has 0 radical (unpaired) electrons. The smallest absolute Gasteiger partial charge is 0.230 e. The SMILES string of the molecule is COc1ccc(C2CCC(CN(C(=O)C3CCC(O)CC3)c3cccc(-c4ccc(C(C)C)nc4)c3)CC2)cc1C. The van der Waals surface area contributed by atoms with E-state index in [2.05, 4.69) is 85.3 Å². The number of aromatic nitrogens is 1. The summed E-state index contributed by atoms with van der Waals surface area (Å²) in [4.78, 5) is 20.8. The number of aryl methyl sites for hydroxylation is 1. The molecular formula is C36H46N2O3. The molecule has 0 spiro atoms. The number of nitrogens with zero attached hydrogens (tertiary/aromatic N) is 2. The van der Waals surface area contributed by atoms with Gasteiger partial charge in [0.25, 0.3) is 0 Å². The van der Waals surface area contributed by atoms with Crippen LogP contribution in [0.25, 0.3) is 11.1 Å². The lowest BCUT2D eigenvalue weighted by Crippen LogP contribution is -2.41. The lowest BCUT2D eigenvalue weighted by molar-refractivity contribution is -0.124. The normalized spacial score (nSPS) is 22.9. The highest BCUT2D eigenvalue weighted by molar-refractivity contribution is 5.95. The fourth-order valence-electron chi connectivity index (χ4n) is 6.73. The highest BCUT2D eigenvalue weighted by Gasteiger charge is 2.32. The second-order valence-corrected chi connectivity index (χ2v) is 12.6. The summed E-state index contributed by atoms with van der Waals surface area (Å²) in [6.07, 6.45) is 9.14. The molecule has 0 bridgehead atoms. The highest BCUT2D eigenvalue weighted by Crippen LogP contribution is 2.39. The van der Waals surface area contributed by atoms with E-state index >= 15 is 0 Å². The molecule has 5 heteroatoms. The number of rotatable bonds is 8. The van der Waals surface area contributed by atoms with Gasteiger partial charge in [0.15, 0.2) is 0 Å². The summed E-state index contributed by atoms with van der Waals surface area (Å²) in [6, 6.07) is 19.3. The van der Waals surface area contributed by atoms with Crippen LogP contribution < -0.4 is 9.64 Å². The van der Waals surface area contributed by atoms with Crippen molar-refractivity contribution >= 4 is 11.6 Å². The van der Waals surface area contributed by atoms with E-state index < -0.39 is 0 Å². The van der Waals surface area contributed by atoms with E-state index in [1.807, 2.05) is 6.20 Å². The Balaban J connectivity index is 1.34. The van der Waals surface area contributed by atoms with E-state index in [9.17, 15) is 9.90 Å². The van der Waals surface area contributed by atoms with Gasteiger partial charge in [-0.25, -0.2) is 0 Å². The maximum Gasteiger partial charge on any atom is 0.230 e. The van der Waals surface area contributed by atoms with Gasteiger partial charge < -0.3 is 14.7 Å². The molecule has 2 aliphatic carbocycles. The highest BCUT2D eigenvalue weighted by atomic mass is 16.5. The van der Waals surface area contributed by atoms with Crippen LogP contribution in [0.3, 0.4) is 0 Å².